The fourth-order valence-corrected chi connectivity index (χ4v) is 3.02. The van der Waals surface area contributed by atoms with Gasteiger partial charge in [-0.25, -0.2) is 0 Å². The zero-order chi connectivity index (χ0) is 12.3. The summed E-state index contributed by atoms with van der Waals surface area (Å²) in [7, 11) is 2.17. The Morgan fingerprint density at radius 3 is 2.12 bits per heavy atom. The highest BCUT2D eigenvalue weighted by Crippen LogP contribution is 2.25. The van der Waals surface area contributed by atoms with Gasteiger partial charge in [-0.15, -0.1) is 0 Å². The fourth-order valence-electron chi connectivity index (χ4n) is 3.02. The standard InChI is InChI=1S/C13H24N2O2/c1-15-8-6-12(7-9-15)14-11-4-2-10(3-5-11)13(16)17/h10-12,14H,2-9H2,1H3,(H,16,17). The van der Waals surface area contributed by atoms with Crippen LogP contribution in [0.1, 0.15) is 38.5 Å². The molecule has 4 nitrogen and oxygen atoms in total. The van der Waals surface area contributed by atoms with Gasteiger partial charge in [0.05, 0.1) is 5.92 Å². The van der Waals surface area contributed by atoms with Gasteiger partial charge in [-0.3, -0.25) is 4.79 Å². The average molecular weight is 240 g/mol. The number of rotatable bonds is 3. The van der Waals surface area contributed by atoms with Crippen molar-refractivity contribution in [3.63, 3.8) is 0 Å². The molecule has 2 aliphatic rings. The lowest BCUT2D eigenvalue weighted by molar-refractivity contribution is -0.142. The molecular weight excluding hydrogens is 216 g/mol. The van der Waals surface area contributed by atoms with Crippen LogP contribution >= 0.6 is 0 Å². The zero-order valence-electron chi connectivity index (χ0n) is 10.7. The van der Waals surface area contributed by atoms with Gasteiger partial charge in [0.15, 0.2) is 0 Å². The molecular formula is C13H24N2O2. The average Bonchev–Trinajstić information content (AvgIpc) is 2.33. The lowest BCUT2D eigenvalue weighted by Crippen LogP contribution is -2.46. The molecule has 0 radical (unpaired) electrons. The summed E-state index contributed by atoms with van der Waals surface area (Å²) in [6.45, 7) is 2.37. The number of aliphatic carboxylic acids is 1. The topological polar surface area (TPSA) is 52.6 Å². The molecule has 2 fully saturated rings. The van der Waals surface area contributed by atoms with Crippen LogP contribution in [-0.4, -0.2) is 48.2 Å². The lowest BCUT2D eigenvalue weighted by Gasteiger charge is -2.35. The second kappa shape index (κ2) is 5.83. The Labute approximate surface area is 103 Å². The maximum atomic E-state index is 10.9. The predicted molar refractivity (Wildman–Crippen MR) is 67.0 cm³/mol. The number of likely N-dealkylation sites (tertiary alicyclic amines) is 1. The van der Waals surface area contributed by atoms with Crippen LogP contribution in [0, 0.1) is 5.92 Å². The molecule has 1 saturated carbocycles. The Bertz CT molecular complexity index is 254. The minimum absolute atomic E-state index is 0.0921. The molecule has 0 aromatic carbocycles. The summed E-state index contributed by atoms with van der Waals surface area (Å²) in [5, 5.41) is 12.7. The molecule has 1 aliphatic carbocycles. The summed E-state index contributed by atoms with van der Waals surface area (Å²) >= 11 is 0. The molecule has 0 aromatic rings. The Kier molecular flexibility index (Phi) is 4.40. The Morgan fingerprint density at radius 1 is 1.06 bits per heavy atom. The summed E-state index contributed by atoms with van der Waals surface area (Å²) in [6, 6.07) is 1.21. The number of carboxylic acid groups (broad SMARTS) is 1. The zero-order valence-corrected chi connectivity index (χ0v) is 10.7. The highest BCUT2D eigenvalue weighted by molar-refractivity contribution is 5.70. The molecule has 98 valence electrons. The van der Waals surface area contributed by atoms with Crippen LogP contribution in [-0.2, 0) is 4.79 Å². The van der Waals surface area contributed by atoms with Crippen LogP contribution in [0.3, 0.4) is 0 Å². The van der Waals surface area contributed by atoms with Crippen molar-refractivity contribution in [1.82, 2.24) is 10.2 Å². The summed E-state index contributed by atoms with van der Waals surface area (Å²) in [6.07, 6.45) is 6.22. The first-order valence-corrected chi connectivity index (χ1v) is 6.82. The lowest BCUT2D eigenvalue weighted by atomic mass is 9.85. The van der Waals surface area contributed by atoms with Crippen molar-refractivity contribution in [3.8, 4) is 0 Å². The third-order valence-electron chi connectivity index (χ3n) is 4.27. The fraction of sp³-hybridized carbons (Fsp3) is 0.923. The van der Waals surface area contributed by atoms with Crippen LogP contribution in [0.25, 0.3) is 0 Å². The molecule has 4 heteroatoms. The van der Waals surface area contributed by atoms with Crippen molar-refractivity contribution in [3.05, 3.63) is 0 Å². The van der Waals surface area contributed by atoms with E-state index >= 15 is 0 Å². The summed E-state index contributed by atoms with van der Waals surface area (Å²) in [5.41, 5.74) is 0. The van der Waals surface area contributed by atoms with E-state index in [-0.39, 0.29) is 5.92 Å². The number of carbonyl (C=O) groups is 1. The third-order valence-corrected chi connectivity index (χ3v) is 4.27. The minimum atomic E-state index is -0.609. The van der Waals surface area contributed by atoms with E-state index in [1.807, 2.05) is 0 Å². The third kappa shape index (κ3) is 3.68. The maximum absolute atomic E-state index is 10.9. The second-order valence-electron chi connectivity index (χ2n) is 5.63. The molecule has 1 heterocycles. The van der Waals surface area contributed by atoms with Crippen molar-refractivity contribution >= 4 is 5.97 Å². The SMILES string of the molecule is CN1CCC(NC2CCC(C(=O)O)CC2)CC1. The van der Waals surface area contributed by atoms with Crippen molar-refractivity contribution in [2.45, 2.75) is 50.6 Å². The Morgan fingerprint density at radius 2 is 1.59 bits per heavy atom. The number of hydrogen-bond donors (Lipinski definition) is 2. The van der Waals surface area contributed by atoms with Crippen molar-refractivity contribution in [2.24, 2.45) is 5.92 Å². The van der Waals surface area contributed by atoms with Gasteiger partial charge in [-0.1, -0.05) is 0 Å². The van der Waals surface area contributed by atoms with E-state index in [4.69, 9.17) is 5.11 Å². The van der Waals surface area contributed by atoms with Crippen molar-refractivity contribution in [1.29, 1.82) is 0 Å². The number of carboxylic acids is 1. The highest BCUT2D eigenvalue weighted by atomic mass is 16.4. The van der Waals surface area contributed by atoms with E-state index in [1.165, 1.54) is 25.9 Å². The van der Waals surface area contributed by atoms with E-state index < -0.39 is 5.97 Å². The summed E-state index contributed by atoms with van der Waals surface area (Å²) in [4.78, 5) is 13.2. The van der Waals surface area contributed by atoms with Crippen LogP contribution in [0.15, 0.2) is 0 Å². The molecule has 0 atom stereocenters. The molecule has 17 heavy (non-hydrogen) atoms. The van der Waals surface area contributed by atoms with Crippen LogP contribution in [0.5, 0.6) is 0 Å². The molecule has 0 unspecified atom stereocenters. The number of hydrogen-bond acceptors (Lipinski definition) is 3. The second-order valence-corrected chi connectivity index (χ2v) is 5.63. The minimum Gasteiger partial charge on any atom is -0.481 e. The first-order valence-electron chi connectivity index (χ1n) is 6.82. The summed E-state index contributed by atoms with van der Waals surface area (Å²) in [5.74, 6) is -0.701. The van der Waals surface area contributed by atoms with Crippen LogP contribution in [0.4, 0.5) is 0 Å². The van der Waals surface area contributed by atoms with Crippen LogP contribution in [0.2, 0.25) is 0 Å². The quantitative estimate of drug-likeness (QED) is 0.781. The molecule has 2 N–H and O–H groups in total. The van der Waals surface area contributed by atoms with Gasteiger partial charge in [0.2, 0.25) is 0 Å². The molecule has 0 spiro atoms. The van der Waals surface area contributed by atoms with Gasteiger partial charge < -0.3 is 15.3 Å². The van der Waals surface area contributed by atoms with E-state index in [0.717, 1.165) is 25.7 Å². The van der Waals surface area contributed by atoms with Gasteiger partial charge in [-0.2, -0.15) is 0 Å². The smallest absolute Gasteiger partial charge is 0.306 e. The van der Waals surface area contributed by atoms with Gasteiger partial charge >= 0.3 is 5.97 Å². The molecule has 0 bridgehead atoms. The largest absolute Gasteiger partial charge is 0.481 e. The van der Waals surface area contributed by atoms with E-state index in [2.05, 4.69) is 17.3 Å². The molecule has 0 amide bonds. The number of nitrogens with zero attached hydrogens (tertiary/aromatic N) is 1. The highest BCUT2D eigenvalue weighted by Gasteiger charge is 2.27. The van der Waals surface area contributed by atoms with E-state index in [0.29, 0.717) is 12.1 Å². The predicted octanol–water partition coefficient (Wildman–Crippen LogP) is 1.31. The normalized spacial score (nSPS) is 32.5. The van der Waals surface area contributed by atoms with Crippen molar-refractivity contribution < 1.29 is 9.90 Å². The monoisotopic (exact) mass is 240 g/mol. The maximum Gasteiger partial charge on any atom is 0.306 e. The molecule has 1 saturated heterocycles. The van der Waals surface area contributed by atoms with Crippen LogP contribution < -0.4 is 5.32 Å². The Balaban J connectivity index is 1.69. The van der Waals surface area contributed by atoms with Gasteiger partial charge in [0, 0.05) is 12.1 Å². The summed E-state index contributed by atoms with van der Waals surface area (Å²) < 4.78 is 0. The van der Waals surface area contributed by atoms with Gasteiger partial charge in [0.1, 0.15) is 0 Å². The number of piperidine rings is 1. The van der Waals surface area contributed by atoms with E-state index in [1.54, 1.807) is 0 Å². The first kappa shape index (κ1) is 12.8. The first-order chi connectivity index (χ1) is 8.15. The van der Waals surface area contributed by atoms with Gasteiger partial charge in [-0.05, 0) is 58.7 Å². The molecule has 0 aromatic heterocycles. The molecule has 2 rings (SSSR count). The van der Waals surface area contributed by atoms with Gasteiger partial charge in [0.25, 0.3) is 0 Å². The number of nitrogens with one attached hydrogen (secondary N) is 1. The van der Waals surface area contributed by atoms with Crippen molar-refractivity contribution in [2.75, 3.05) is 20.1 Å². The van der Waals surface area contributed by atoms with E-state index in [9.17, 15) is 4.79 Å². The Hall–Kier alpha value is -0.610. The molecule has 1 aliphatic heterocycles.